The van der Waals surface area contributed by atoms with E-state index in [0.29, 0.717) is 6.61 Å². The largest absolute Gasteiger partial charge is 0.493 e. The Kier molecular flexibility index (Phi) is 8.02. The summed E-state index contributed by atoms with van der Waals surface area (Å²) in [6, 6.07) is 4.25. The van der Waals surface area contributed by atoms with E-state index >= 15 is 0 Å². The molecule has 1 aromatic carbocycles. The Labute approximate surface area is 127 Å². The smallest absolute Gasteiger partial charge is 0.125 e. The van der Waals surface area contributed by atoms with Crippen molar-refractivity contribution in [2.45, 2.75) is 33.6 Å². The maximum atomic E-state index is 5.88. The summed E-state index contributed by atoms with van der Waals surface area (Å²) >= 11 is 0. The van der Waals surface area contributed by atoms with Crippen molar-refractivity contribution in [3.63, 3.8) is 0 Å². The molecule has 0 bridgehead atoms. The normalized spacial score (nSPS) is 11.2. The lowest BCUT2D eigenvalue weighted by atomic mass is 10.1. The van der Waals surface area contributed by atoms with Crippen LogP contribution >= 0.6 is 0 Å². The fourth-order valence-electron chi connectivity index (χ4n) is 2.05. The van der Waals surface area contributed by atoms with Crippen LogP contribution in [0.15, 0.2) is 29.4 Å². The van der Waals surface area contributed by atoms with Crippen molar-refractivity contribution in [3.05, 3.63) is 35.4 Å². The van der Waals surface area contributed by atoms with Crippen LogP contribution in [0, 0.1) is 13.8 Å². The molecule has 1 aromatic rings. The van der Waals surface area contributed by atoms with E-state index in [1.54, 1.807) is 13.3 Å². The molecule has 0 saturated carbocycles. The van der Waals surface area contributed by atoms with Crippen LogP contribution in [-0.2, 0) is 4.84 Å². The molecule has 0 saturated heterocycles. The number of nitrogens with one attached hydrogen (secondary N) is 1. The van der Waals surface area contributed by atoms with Crippen molar-refractivity contribution < 1.29 is 9.57 Å². The number of hydrogen-bond donors (Lipinski definition) is 1. The minimum absolute atomic E-state index is 0.683. The third-order valence-electron chi connectivity index (χ3n) is 3.02. The zero-order valence-electron chi connectivity index (χ0n) is 13.5. The van der Waals surface area contributed by atoms with E-state index < -0.39 is 0 Å². The van der Waals surface area contributed by atoms with E-state index in [2.05, 4.69) is 47.4 Å². The molecule has 4 nitrogen and oxygen atoms in total. The Morgan fingerprint density at radius 1 is 1.24 bits per heavy atom. The molecule has 0 spiro atoms. The van der Waals surface area contributed by atoms with Crippen molar-refractivity contribution in [1.82, 2.24) is 0 Å². The number of oxime groups is 1. The van der Waals surface area contributed by atoms with Gasteiger partial charge in [-0.15, -0.1) is 0 Å². The Hall–Kier alpha value is -1.97. The minimum Gasteiger partial charge on any atom is -0.493 e. The first-order chi connectivity index (χ1) is 10.2. The standard InChI is InChI=1S/C17H26N2O2/c1-5-6-9-18-16-12-14(2)17(15(3)13-16)21-11-8-7-10-19-20-4/h5-6,10,12-13,18H,7-9,11H2,1-4H3/b6-5+,19-10+. The van der Waals surface area contributed by atoms with Gasteiger partial charge >= 0.3 is 0 Å². The van der Waals surface area contributed by atoms with Crippen LogP contribution in [0.5, 0.6) is 5.75 Å². The second kappa shape index (κ2) is 9.86. The Balaban J connectivity index is 2.53. The van der Waals surface area contributed by atoms with Crippen LogP contribution in [0.25, 0.3) is 0 Å². The Bertz CT molecular complexity index is 459. The van der Waals surface area contributed by atoms with Crippen LogP contribution in [0.3, 0.4) is 0 Å². The molecule has 0 unspecified atom stereocenters. The number of unbranched alkanes of at least 4 members (excludes halogenated alkanes) is 1. The van der Waals surface area contributed by atoms with Gasteiger partial charge in [0.05, 0.1) is 6.61 Å². The molecule has 0 aliphatic carbocycles. The van der Waals surface area contributed by atoms with Gasteiger partial charge in [0.25, 0.3) is 0 Å². The Morgan fingerprint density at radius 2 is 1.95 bits per heavy atom. The van der Waals surface area contributed by atoms with Gasteiger partial charge in [0.15, 0.2) is 0 Å². The number of benzene rings is 1. The van der Waals surface area contributed by atoms with Gasteiger partial charge < -0.3 is 14.9 Å². The number of nitrogens with zero attached hydrogens (tertiary/aromatic N) is 1. The number of anilines is 1. The van der Waals surface area contributed by atoms with Crippen molar-refractivity contribution >= 4 is 11.9 Å². The molecule has 1 rings (SSSR count). The fraction of sp³-hybridized carbons (Fsp3) is 0.471. The molecule has 1 N–H and O–H groups in total. The third kappa shape index (κ3) is 6.34. The van der Waals surface area contributed by atoms with Crippen LogP contribution in [0.4, 0.5) is 5.69 Å². The summed E-state index contributed by atoms with van der Waals surface area (Å²) in [6.45, 7) is 7.70. The number of aryl methyl sites for hydroxylation is 2. The molecule has 0 aliphatic rings. The summed E-state index contributed by atoms with van der Waals surface area (Å²) in [5, 5.41) is 7.08. The molecule has 0 amide bonds. The quantitative estimate of drug-likeness (QED) is 0.322. The first kappa shape index (κ1) is 17.1. The molecular weight excluding hydrogens is 264 g/mol. The lowest BCUT2D eigenvalue weighted by Crippen LogP contribution is -2.03. The van der Waals surface area contributed by atoms with Crippen LogP contribution < -0.4 is 10.1 Å². The average molecular weight is 290 g/mol. The van der Waals surface area contributed by atoms with Gasteiger partial charge in [0.1, 0.15) is 12.9 Å². The predicted molar refractivity (Wildman–Crippen MR) is 89.4 cm³/mol. The molecule has 0 aliphatic heterocycles. The fourth-order valence-corrected chi connectivity index (χ4v) is 2.05. The highest BCUT2D eigenvalue weighted by Crippen LogP contribution is 2.27. The van der Waals surface area contributed by atoms with Crippen molar-refractivity contribution in [3.8, 4) is 5.75 Å². The molecule has 0 radical (unpaired) electrons. The summed E-state index contributed by atoms with van der Waals surface area (Å²) in [4.78, 5) is 4.62. The van der Waals surface area contributed by atoms with Gasteiger partial charge in [0.2, 0.25) is 0 Å². The van der Waals surface area contributed by atoms with Gasteiger partial charge in [-0.25, -0.2) is 0 Å². The molecule has 4 heteroatoms. The molecule has 0 atom stereocenters. The lowest BCUT2D eigenvalue weighted by Gasteiger charge is -2.14. The summed E-state index contributed by atoms with van der Waals surface area (Å²) in [5.41, 5.74) is 3.44. The van der Waals surface area contributed by atoms with Crippen molar-refractivity contribution in [1.29, 1.82) is 0 Å². The number of allylic oxidation sites excluding steroid dienone is 1. The van der Waals surface area contributed by atoms with E-state index in [0.717, 1.165) is 42.0 Å². The highest BCUT2D eigenvalue weighted by molar-refractivity contribution is 5.56. The summed E-state index contributed by atoms with van der Waals surface area (Å²) in [5.74, 6) is 0.982. The van der Waals surface area contributed by atoms with Gasteiger partial charge in [-0.1, -0.05) is 17.3 Å². The van der Waals surface area contributed by atoms with Gasteiger partial charge in [-0.3, -0.25) is 0 Å². The zero-order valence-corrected chi connectivity index (χ0v) is 13.5. The van der Waals surface area contributed by atoms with Gasteiger partial charge in [0, 0.05) is 18.4 Å². The molecular formula is C17H26N2O2. The van der Waals surface area contributed by atoms with E-state index in [4.69, 9.17) is 4.74 Å². The van der Waals surface area contributed by atoms with Gasteiger partial charge in [-0.2, -0.15) is 0 Å². The second-order valence-corrected chi connectivity index (χ2v) is 4.85. The van der Waals surface area contributed by atoms with E-state index in [-0.39, 0.29) is 0 Å². The summed E-state index contributed by atoms with van der Waals surface area (Å²) in [7, 11) is 1.55. The van der Waals surface area contributed by atoms with E-state index in [9.17, 15) is 0 Å². The minimum atomic E-state index is 0.683. The van der Waals surface area contributed by atoms with Crippen LogP contribution in [0.1, 0.15) is 30.9 Å². The molecule has 0 aromatic heterocycles. The number of hydrogen-bond acceptors (Lipinski definition) is 4. The monoisotopic (exact) mass is 290 g/mol. The summed E-state index contributed by atoms with van der Waals surface area (Å²) < 4.78 is 5.88. The zero-order chi connectivity index (χ0) is 15.5. The first-order valence-corrected chi connectivity index (χ1v) is 7.33. The van der Waals surface area contributed by atoms with Crippen molar-refractivity contribution in [2.24, 2.45) is 5.16 Å². The highest BCUT2D eigenvalue weighted by Gasteiger charge is 2.06. The average Bonchev–Trinajstić information content (AvgIpc) is 2.45. The number of ether oxygens (including phenoxy) is 1. The molecule has 116 valence electrons. The molecule has 21 heavy (non-hydrogen) atoms. The second-order valence-electron chi connectivity index (χ2n) is 4.85. The van der Waals surface area contributed by atoms with Crippen LogP contribution in [0.2, 0.25) is 0 Å². The van der Waals surface area contributed by atoms with E-state index in [1.807, 2.05) is 13.0 Å². The van der Waals surface area contributed by atoms with E-state index in [1.165, 1.54) is 0 Å². The molecule has 0 heterocycles. The summed E-state index contributed by atoms with van der Waals surface area (Å²) in [6.07, 6.45) is 7.67. The predicted octanol–water partition coefficient (Wildman–Crippen LogP) is 4.08. The maximum absolute atomic E-state index is 5.88. The number of rotatable bonds is 9. The third-order valence-corrected chi connectivity index (χ3v) is 3.02. The maximum Gasteiger partial charge on any atom is 0.125 e. The van der Waals surface area contributed by atoms with Gasteiger partial charge in [-0.05, 0) is 56.9 Å². The molecule has 0 fully saturated rings. The van der Waals surface area contributed by atoms with Crippen molar-refractivity contribution in [2.75, 3.05) is 25.6 Å². The van der Waals surface area contributed by atoms with Crippen LogP contribution in [-0.4, -0.2) is 26.5 Å². The topological polar surface area (TPSA) is 42.8 Å². The Morgan fingerprint density at radius 3 is 2.57 bits per heavy atom. The highest BCUT2D eigenvalue weighted by atomic mass is 16.6. The lowest BCUT2D eigenvalue weighted by molar-refractivity contribution is 0.214. The SMILES string of the molecule is C/C=C/CNc1cc(C)c(OCCC/C=N/OC)c(C)c1. The first-order valence-electron chi connectivity index (χ1n) is 7.33.